The van der Waals surface area contributed by atoms with Gasteiger partial charge >= 0.3 is 0 Å². The monoisotopic (exact) mass is 322 g/mol. The minimum atomic E-state index is -3.42. The van der Waals surface area contributed by atoms with Crippen molar-refractivity contribution < 1.29 is 8.42 Å². The lowest BCUT2D eigenvalue weighted by atomic mass is 10.2. The highest BCUT2D eigenvalue weighted by atomic mass is 35.5. The summed E-state index contributed by atoms with van der Waals surface area (Å²) in [5, 5.41) is 3.92. The molecular formula is C12H16Cl2N2O2S. The van der Waals surface area contributed by atoms with Gasteiger partial charge in [0.15, 0.2) is 0 Å². The fourth-order valence-electron chi connectivity index (χ4n) is 2.13. The fourth-order valence-corrected chi connectivity index (χ4v) is 4.33. The molecule has 1 unspecified atom stereocenters. The molecule has 1 aliphatic heterocycles. The predicted molar refractivity (Wildman–Crippen MR) is 78.1 cm³/mol. The standard InChI is InChI=1S/C12H16Cl2N2O2S/c1-16(9-5-6-15-7-9)19(17,18)8-10-11(13)3-2-4-12(10)14/h2-4,9,15H,5-8H2,1H3. The maximum absolute atomic E-state index is 12.4. The molecule has 0 radical (unpaired) electrons. The van der Waals surface area contributed by atoms with Gasteiger partial charge in [-0.05, 0) is 25.1 Å². The largest absolute Gasteiger partial charge is 0.315 e. The first-order chi connectivity index (χ1) is 8.92. The zero-order chi connectivity index (χ0) is 14.0. The van der Waals surface area contributed by atoms with E-state index in [9.17, 15) is 8.42 Å². The highest BCUT2D eigenvalue weighted by Crippen LogP contribution is 2.27. The molecule has 1 saturated heterocycles. The zero-order valence-electron chi connectivity index (χ0n) is 10.6. The van der Waals surface area contributed by atoms with Crippen molar-refractivity contribution >= 4 is 33.2 Å². The van der Waals surface area contributed by atoms with Gasteiger partial charge in [-0.2, -0.15) is 0 Å². The van der Waals surface area contributed by atoms with Crippen LogP contribution in [0.4, 0.5) is 0 Å². The molecule has 0 amide bonds. The van der Waals surface area contributed by atoms with E-state index in [4.69, 9.17) is 23.2 Å². The van der Waals surface area contributed by atoms with Gasteiger partial charge in [0.2, 0.25) is 10.0 Å². The summed E-state index contributed by atoms with van der Waals surface area (Å²) in [5.41, 5.74) is 0.462. The predicted octanol–water partition coefficient (Wildman–Crippen LogP) is 2.12. The molecule has 106 valence electrons. The quantitative estimate of drug-likeness (QED) is 0.923. The van der Waals surface area contributed by atoms with Gasteiger partial charge in [-0.25, -0.2) is 12.7 Å². The number of sulfonamides is 1. The maximum atomic E-state index is 12.4. The highest BCUT2D eigenvalue weighted by molar-refractivity contribution is 7.88. The third-order valence-corrected chi connectivity index (χ3v) is 5.91. The van der Waals surface area contributed by atoms with E-state index >= 15 is 0 Å². The average Bonchev–Trinajstić information content (AvgIpc) is 2.86. The summed E-state index contributed by atoms with van der Waals surface area (Å²) < 4.78 is 26.2. The maximum Gasteiger partial charge on any atom is 0.218 e. The topological polar surface area (TPSA) is 49.4 Å². The summed E-state index contributed by atoms with van der Waals surface area (Å²) in [4.78, 5) is 0. The Hall–Kier alpha value is -0.330. The van der Waals surface area contributed by atoms with Gasteiger partial charge < -0.3 is 5.32 Å². The van der Waals surface area contributed by atoms with Gasteiger partial charge in [-0.3, -0.25) is 0 Å². The van der Waals surface area contributed by atoms with E-state index in [0.29, 0.717) is 22.2 Å². The van der Waals surface area contributed by atoms with Gasteiger partial charge in [-0.15, -0.1) is 0 Å². The second-order valence-electron chi connectivity index (χ2n) is 4.62. The Morgan fingerprint density at radius 2 is 2.00 bits per heavy atom. The van der Waals surface area contributed by atoms with Crippen LogP contribution in [0.25, 0.3) is 0 Å². The van der Waals surface area contributed by atoms with Gasteiger partial charge in [0.25, 0.3) is 0 Å². The van der Waals surface area contributed by atoms with Crippen LogP contribution in [-0.2, 0) is 15.8 Å². The summed E-state index contributed by atoms with van der Waals surface area (Å²) in [6.45, 7) is 1.53. The average molecular weight is 323 g/mol. The number of nitrogens with one attached hydrogen (secondary N) is 1. The van der Waals surface area contributed by atoms with E-state index in [-0.39, 0.29) is 11.8 Å². The van der Waals surface area contributed by atoms with E-state index in [1.807, 2.05) is 0 Å². The van der Waals surface area contributed by atoms with Crippen LogP contribution >= 0.6 is 23.2 Å². The minimum Gasteiger partial charge on any atom is -0.315 e. The van der Waals surface area contributed by atoms with Crippen molar-refractivity contribution in [1.29, 1.82) is 0 Å². The van der Waals surface area contributed by atoms with Crippen molar-refractivity contribution in [2.75, 3.05) is 20.1 Å². The first kappa shape index (κ1) is 15.1. The summed E-state index contributed by atoms with van der Waals surface area (Å²) in [7, 11) is -1.81. The minimum absolute atomic E-state index is 0.00580. The van der Waals surface area contributed by atoms with Crippen LogP contribution in [0, 0.1) is 0 Å². The second kappa shape index (κ2) is 5.97. The Morgan fingerprint density at radius 1 is 1.37 bits per heavy atom. The van der Waals surface area contributed by atoms with Gasteiger partial charge in [0, 0.05) is 35.2 Å². The number of benzene rings is 1. The molecule has 2 rings (SSSR count). The molecule has 1 aromatic carbocycles. The van der Waals surface area contributed by atoms with Crippen LogP contribution in [0.3, 0.4) is 0 Å². The molecule has 0 aromatic heterocycles. The summed E-state index contributed by atoms with van der Waals surface area (Å²) in [6, 6.07) is 5.00. The highest BCUT2D eigenvalue weighted by Gasteiger charge is 2.29. The summed E-state index contributed by atoms with van der Waals surface area (Å²) in [6.07, 6.45) is 0.825. The Kier molecular flexibility index (Phi) is 4.74. The van der Waals surface area contributed by atoms with Crippen LogP contribution in [0.5, 0.6) is 0 Å². The van der Waals surface area contributed by atoms with Crippen LogP contribution in [-0.4, -0.2) is 38.9 Å². The van der Waals surface area contributed by atoms with E-state index < -0.39 is 10.0 Å². The lowest BCUT2D eigenvalue weighted by Crippen LogP contribution is -2.39. The van der Waals surface area contributed by atoms with E-state index in [0.717, 1.165) is 13.0 Å². The fraction of sp³-hybridized carbons (Fsp3) is 0.500. The Labute approximate surface area is 123 Å². The molecule has 0 saturated carbocycles. The van der Waals surface area contributed by atoms with Gasteiger partial charge in [0.05, 0.1) is 5.75 Å². The molecule has 1 aliphatic rings. The summed E-state index contributed by atoms with van der Waals surface area (Å²) in [5.74, 6) is -0.168. The van der Waals surface area contributed by atoms with Crippen molar-refractivity contribution in [3.63, 3.8) is 0 Å². The van der Waals surface area contributed by atoms with Crippen LogP contribution in [0.1, 0.15) is 12.0 Å². The number of likely N-dealkylation sites (N-methyl/N-ethyl adjacent to an activating group) is 1. The van der Waals surface area contributed by atoms with Crippen molar-refractivity contribution in [2.45, 2.75) is 18.2 Å². The number of hydrogen-bond donors (Lipinski definition) is 1. The first-order valence-electron chi connectivity index (χ1n) is 6.01. The molecule has 1 N–H and O–H groups in total. The molecule has 19 heavy (non-hydrogen) atoms. The Morgan fingerprint density at radius 3 is 2.53 bits per heavy atom. The molecule has 1 heterocycles. The third-order valence-electron chi connectivity index (χ3n) is 3.38. The molecular weight excluding hydrogens is 307 g/mol. The lowest BCUT2D eigenvalue weighted by molar-refractivity contribution is 0.387. The SMILES string of the molecule is CN(C1CCNC1)S(=O)(=O)Cc1c(Cl)cccc1Cl. The van der Waals surface area contributed by atoms with Gasteiger partial charge in [0.1, 0.15) is 0 Å². The first-order valence-corrected chi connectivity index (χ1v) is 8.37. The van der Waals surface area contributed by atoms with Crippen LogP contribution in [0.15, 0.2) is 18.2 Å². The normalized spacial score (nSPS) is 20.1. The molecule has 7 heteroatoms. The van der Waals surface area contributed by atoms with Crippen molar-refractivity contribution in [1.82, 2.24) is 9.62 Å². The second-order valence-corrected chi connectivity index (χ2v) is 7.46. The number of halogens is 2. The smallest absolute Gasteiger partial charge is 0.218 e. The van der Waals surface area contributed by atoms with Crippen molar-refractivity contribution in [3.8, 4) is 0 Å². The summed E-state index contributed by atoms with van der Waals surface area (Å²) >= 11 is 12.0. The molecule has 1 atom stereocenters. The molecule has 4 nitrogen and oxygen atoms in total. The Bertz CT molecular complexity index is 537. The molecule has 0 aliphatic carbocycles. The van der Waals surface area contributed by atoms with E-state index in [1.165, 1.54) is 4.31 Å². The Balaban J connectivity index is 2.21. The molecule has 1 fully saturated rings. The zero-order valence-corrected chi connectivity index (χ0v) is 12.9. The van der Waals surface area contributed by atoms with Gasteiger partial charge in [-0.1, -0.05) is 29.3 Å². The number of rotatable bonds is 4. The number of hydrogen-bond acceptors (Lipinski definition) is 3. The van der Waals surface area contributed by atoms with E-state index in [2.05, 4.69) is 5.32 Å². The van der Waals surface area contributed by atoms with Crippen LogP contribution < -0.4 is 5.32 Å². The number of nitrogens with zero attached hydrogens (tertiary/aromatic N) is 1. The van der Waals surface area contributed by atoms with Crippen molar-refractivity contribution in [3.05, 3.63) is 33.8 Å². The molecule has 1 aromatic rings. The third kappa shape index (κ3) is 3.41. The molecule has 0 spiro atoms. The van der Waals surface area contributed by atoms with Crippen molar-refractivity contribution in [2.24, 2.45) is 0 Å². The lowest BCUT2D eigenvalue weighted by Gasteiger charge is -2.23. The van der Waals surface area contributed by atoms with Crippen LogP contribution in [0.2, 0.25) is 10.0 Å². The van der Waals surface area contributed by atoms with E-state index in [1.54, 1.807) is 25.2 Å². The molecule has 0 bridgehead atoms.